The highest BCUT2D eigenvalue weighted by molar-refractivity contribution is 9.10. The molecule has 6 heteroatoms. The lowest BCUT2D eigenvalue weighted by Gasteiger charge is -2.17. The van der Waals surface area contributed by atoms with Gasteiger partial charge in [0, 0.05) is 12.0 Å². The number of hydrogen-bond donors (Lipinski definition) is 2. The third-order valence-corrected chi connectivity index (χ3v) is 2.29. The summed E-state index contributed by atoms with van der Waals surface area (Å²) < 4.78 is 0.633. The number of halogens is 1. The molecule has 88 valence electrons. The van der Waals surface area contributed by atoms with Crippen LogP contribution in [-0.2, 0) is 4.79 Å². The number of carbonyl (C=O) groups excluding carboxylic acids is 1. The van der Waals surface area contributed by atoms with Crippen LogP contribution in [0.5, 0.6) is 0 Å². The van der Waals surface area contributed by atoms with E-state index in [2.05, 4.69) is 31.2 Å². The molecule has 1 heterocycles. The molecular formula is C10H15BrN4O. The number of amides is 1. The van der Waals surface area contributed by atoms with E-state index < -0.39 is 0 Å². The van der Waals surface area contributed by atoms with Gasteiger partial charge in [0.1, 0.15) is 4.60 Å². The van der Waals surface area contributed by atoms with Crippen molar-refractivity contribution in [3.8, 4) is 0 Å². The van der Waals surface area contributed by atoms with Gasteiger partial charge in [-0.25, -0.2) is 9.97 Å². The molecule has 1 amide bonds. The number of nitrogens with one attached hydrogen (secondary N) is 1. The van der Waals surface area contributed by atoms with Crippen LogP contribution in [0.25, 0.3) is 0 Å². The monoisotopic (exact) mass is 286 g/mol. The number of nitrogens with two attached hydrogens (primary N) is 1. The molecule has 0 saturated heterocycles. The summed E-state index contributed by atoms with van der Waals surface area (Å²) in [6, 6.07) is 0. The lowest BCUT2D eigenvalue weighted by molar-refractivity contribution is -0.116. The number of aromatic nitrogens is 2. The van der Waals surface area contributed by atoms with Crippen molar-refractivity contribution in [2.24, 2.45) is 5.73 Å². The van der Waals surface area contributed by atoms with Crippen LogP contribution < -0.4 is 11.1 Å². The molecule has 0 aliphatic heterocycles. The van der Waals surface area contributed by atoms with E-state index in [1.165, 1.54) is 12.4 Å². The Hall–Kier alpha value is -1.01. The van der Waals surface area contributed by atoms with E-state index in [1.54, 1.807) is 0 Å². The van der Waals surface area contributed by atoms with Crippen LogP contribution in [0.15, 0.2) is 17.0 Å². The molecule has 0 bridgehead atoms. The summed E-state index contributed by atoms with van der Waals surface area (Å²) in [5, 5.41) is 2.65. The highest BCUT2D eigenvalue weighted by Crippen LogP contribution is 2.10. The lowest BCUT2D eigenvalue weighted by atomic mass is 10.00. The first kappa shape index (κ1) is 13.1. The molecule has 0 unspecified atom stereocenters. The van der Waals surface area contributed by atoms with Crippen molar-refractivity contribution in [1.82, 2.24) is 9.97 Å². The zero-order valence-electron chi connectivity index (χ0n) is 9.33. The summed E-state index contributed by atoms with van der Waals surface area (Å²) in [6.45, 7) is 3.78. The summed E-state index contributed by atoms with van der Waals surface area (Å²) in [7, 11) is 0. The van der Waals surface area contributed by atoms with Crippen LogP contribution in [0.4, 0.5) is 5.82 Å². The van der Waals surface area contributed by atoms with E-state index in [1.807, 2.05) is 13.8 Å². The topological polar surface area (TPSA) is 80.9 Å². The van der Waals surface area contributed by atoms with Gasteiger partial charge < -0.3 is 11.1 Å². The largest absolute Gasteiger partial charge is 0.326 e. The lowest BCUT2D eigenvalue weighted by Crippen LogP contribution is -2.33. The highest BCUT2D eigenvalue weighted by atomic mass is 79.9. The van der Waals surface area contributed by atoms with Crippen molar-refractivity contribution >= 4 is 27.7 Å². The van der Waals surface area contributed by atoms with Gasteiger partial charge in [0.05, 0.1) is 12.4 Å². The van der Waals surface area contributed by atoms with Gasteiger partial charge in [0.15, 0.2) is 5.82 Å². The third kappa shape index (κ3) is 5.18. The Bertz CT molecular complexity index is 358. The molecule has 0 aliphatic carbocycles. The summed E-state index contributed by atoms with van der Waals surface area (Å²) in [5.41, 5.74) is 5.45. The van der Waals surface area contributed by atoms with E-state index in [4.69, 9.17) is 5.73 Å². The standard InChI is InChI=1S/C10H15BrN4O/c1-10(2,12)4-3-9(16)15-8-6-13-7(11)5-14-8/h5-6H,3-4,12H2,1-2H3,(H,14,15,16). The molecule has 0 atom stereocenters. The van der Waals surface area contributed by atoms with Crippen molar-refractivity contribution in [1.29, 1.82) is 0 Å². The Balaban J connectivity index is 2.43. The quantitative estimate of drug-likeness (QED) is 0.883. The van der Waals surface area contributed by atoms with E-state index >= 15 is 0 Å². The Morgan fingerprint density at radius 2 is 2.19 bits per heavy atom. The minimum Gasteiger partial charge on any atom is -0.326 e. The fourth-order valence-corrected chi connectivity index (χ4v) is 1.22. The fraction of sp³-hybridized carbons (Fsp3) is 0.500. The van der Waals surface area contributed by atoms with Crippen LogP contribution in [0.2, 0.25) is 0 Å². The second kappa shape index (κ2) is 5.36. The fourth-order valence-electron chi connectivity index (χ4n) is 1.02. The molecule has 5 nitrogen and oxygen atoms in total. The van der Waals surface area contributed by atoms with E-state index in [0.29, 0.717) is 23.3 Å². The van der Waals surface area contributed by atoms with Crippen LogP contribution in [-0.4, -0.2) is 21.4 Å². The predicted octanol–water partition coefficient (Wildman–Crippen LogP) is 1.70. The van der Waals surface area contributed by atoms with Crippen LogP contribution in [0.1, 0.15) is 26.7 Å². The van der Waals surface area contributed by atoms with E-state index in [0.717, 1.165) is 0 Å². The molecule has 1 rings (SSSR count). The van der Waals surface area contributed by atoms with Crippen molar-refractivity contribution in [2.45, 2.75) is 32.2 Å². The molecule has 0 saturated carbocycles. The molecule has 0 radical (unpaired) electrons. The maximum absolute atomic E-state index is 11.5. The molecular weight excluding hydrogens is 272 g/mol. The molecule has 0 spiro atoms. The van der Waals surface area contributed by atoms with Crippen molar-refractivity contribution < 1.29 is 4.79 Å². The second-order valence-electron chi connectivity index (χ2n) is 4.26. The summed E-state index contributed by atoms with van der Waals surface area (Å²) in [5.74, 6) is 0.346. The normalized spacial score (nSPS) is 11.2. The molecule has 3 N–H and O–H groups in total. The molecule has 0 aromatic carbocycles. The van der Waals surface area contributed by atoms with Gasteiger partial charge in [0.25, 0.3) is 0 Å². The SMILES string of the molecule is CC(C)(N)CCC(=O)Nc1cnc(Br)cn1. The van der Waals surface area contributed by atoms with E-state index in [9.17, 15) is 4.79 Å². The predicted molar refractivity (Wildman–Crippen MR) is 65.9 cm³/mol. The van der Waals surface area contributed by atoms with Gasteiger partial charge in [-0.05, 0) is 36.2 Å². The molecule has 16 heavy (non-hydrogen) atoms. The third-order valence-electron chi connectivity index (χ3n) is 1.88. The summed E-state index contributed by atoms with van der Waals surface area (Å²) in [4.78, 5) is 19.4. The zero-order valence-corrected chi connectivity index (χ0v) is 10.9. The van der Waals surface area contributed by atoms with Gasteiger partial charge in [-0.3, -0.25) is 4.79 Å². The van der Waals surface area contributed by atoms with Gasteiger partial charge in [0.2, 0.25) is 5.91 Å². The Morgan fingerprint density at radius 1 is 1.50 bits per heavy atom. The molecule has 0 fully saturated rings. The first-order valence-corrected chi connectivity index (χ1v) is 5.72. The van der Waals surface area contributed by atoms with Gasteiger partial charge >= 0.3 is 0 Å². The van der Waals surface area contributed by atoms with Gasteiger partial charge in [-0.1, -0.05) is 0 Å². The van der Waals surface area contributed by atoms with Crippen molar-refractivity contribution in [3.63, 3.8) is 0 Å². The highest BCUT2D eigenvalue weighted by Gasteiger charge is 2.13. The smallest absolute Gasteiger partial charge is 0.225 e. The van der Waals surface area contributed by atoms with Gasteiger partial charge in [-0.15, -0.1) is 0 Å². The molecule has 1 aromatic heterocycles. The Labute approximate surface area is 103 Å². The van der Waals surface area contributed by atoms with Crippen molar-refractivity contribution in [3.05, 3.63) is 17.0 Å². The number of anilines is 1. The number of rotatable bonds is 4. The maximum atomic E-state index is 11.5. The van der Waals surface area contributed by atoms with Crippen LogP contribution >= 0.6 is 15.9 Å². The van der Waals surface area contributed by atoms with Crippen LogP contribution in [0, 0.1) is 0 Å². The van der Waals surface area contributed by atoms with Crippen molar-refractivity contribution in [2.75, 3.05) is 5.32 Å². The number of carbonyl (C=O) groups is 1. The Kier molecular flexibility index (Phi) is 4.37. The minimum atomic E-state index is -0.331. The number of nitrogens with zero attached hydrogens (tertiary/aromatic N) is 2. The number of hydrogen-bond acceptors (Lipinski definition) is 4. The molecule has 1 aromatic rings. The summed E-state index contributed by atoms with van der Waals surface area (Å²) >= 11 is 3.17. The zero-order chi connectivity index (χ0) is 12.2. The minimum absolute atomic E-state index is 0.102. The average Bonchev–Trinajstić information content (AvgIpc) is 2.18. The first-order chi connectivity index (χ1) is 7.37. The Morgan fingerprint density at radius 3 is 2.69 bits per heavy atom. The molecule has 0 aliphatic rings. The maximum Gasteiger partial charge on any atom is 0.225 e. The average molecular weight is 287 g/mol. The summed E-state index contributed by atoms with van der Waals surface area (Å²) in [6.07, 6.45) is 4.03. The first-order valence-electron chi connectivity index (χ1n) is 4.93. The van der Waals surface area contributed by atoms with E-state index in [-0.39, 0.29) is 11.4 Å². The van der Waals surface area contributed by atoms with Gasteiger partial charge in [-0.2, -0.15) is 0 Å². The van der Waals surface area contributed by atoms with Crippen LogP contribution in [0.3, 0.4) is 0 Å². The second-order valence-corrected chi connectivity index (χ2v) is 5.07.